The van der Waals surface area contributed by atoms with E-state index in [2.05, 4.69) is 5.10 Å². The van der Waals surface area contributed by atoms with Crippen molar-refractivity contribution in [1.82, 2.24) is 14.7 Å². The summed E-state index contributed by atoms with van der Waals surface area (Å²) < 4.78 is 20.4. The fourth-order valence-electron chi connectivity index (χ4n) is 3.04. The molecule has 134 valence electrons. The van der Waals surface area contributed by atoms with Crippen LogP contribution in [-0.2, 0) is 11.3 Å². The van der Waals surface area contributed by atoms with Crippen molar-refractivity contribution < 1.29 is 13.9 Å². The van der Waals surface area contributed by atoms with Gasteiger partial charge >= 0.3 is 6.09 Å². The molecule has 1 aromatic heterocycles. The quantitative estimate of drug-likeness (QED) is 0.842. The van der Waals surface area contributed by atoms with Crippen molar-refractivity contribution in [3.05, 3.63) is 42.3 Å². The van der Waals surface area contributed by atoms with Crippen molar-refractivity contribution in [3.8, 4) is 11.3 Å². The lowest BCUT2D eigenvalue weighted by atomic mass is 10.1. The maximum absolute atomic E-state index is 13.0. The zero-order chi connectivity index (χ0) is 18.0. The second kappa shape index (κ2) is 6.86. The fraction of sp³-hybridized carbons (Fsp3) is 0.474. The van der Waals surface area contributed by atoms with Gasteiger partial charge in [-0.2, -0.15) is 5.10 Å². The first-order chi connectivity index (χ1) is 11.8. The van der Waals surface area contributed by atoms with E-state index in [0.29, 0.717) is 13.1 Å². The first-order valence-electron chi connectivity index (χ1n) is 8.61. The maximum Gasteiger partial charge on any atom is 0.410 e. The standard InChI is InChI=1S/C19H24FN3O2/c1-19(2,3)25-18(24)23-11-4-5-16(23)13-22-12-10-17(21-22)14-6-8-15(20)9-7-14/h6-10,12,16H,4-5,11,13H2,1-3H3/t16-/m0/s1. The number of benzene rings is 1. The fourth-order valence-corrected chi connectivity index (χ4v) is 3.04. The summed E-state index contributed by atoms with van der Waals surface area (Å²) in [6.45, 7) is 6.96. The highest BCUT2D eigenvalue weighted by molar-refractivity contribution is 5.69. The lowest BCUT2D eigenvalue weighted by Gasteiger charge is -2.28. The van der Waals surface area contributed by atoms with Crippen LogP contribution in [-0.4, -0.2) is 39.0 Å². The third-order valence-corrected chi connectivity index (χ3v) is 4.18. The molecule has 2 heterocycles. The molecule has 1 aromatic carbocycles. The monoisotopic (exact) mass is 345 g/mol. The molecule has 1 amide bonds. The molecule has 0 unspecified atom stereocenters. The lowest BCUT2D eigenvalue weighted by Crippen LogP contribution is -2.41. The number of ether oxygens (including phenoxy) is 1. The number of nitrogens with zero attached hydrogens (tertiary/aromatic N) is 3. The summed E-state index contributed by atoms with van der Waals surface area (Å²) in [6, 6.07) is 8.26. The van der Waals surface area contributed by atoms with Crippen LogP contribution in [0.5, 0.6) is 0 Å². The third kappa shape index (κ3) is 4.38. The molecule has 1 atom stereocenters. The van der Waals surface area contributed by atoms with Gasteiger partial charge in [0.15, 0.2) is 0 Å². The molecule has 0 bridgehead atoms. The number of carbonyl (C=O) groups is 1. The molecular formula is C19H24FN3O2. The van der Waals surface area contributed by atoms with Gasteiger partial charge in [0.05, 0.1) is 18.3 Å². The Kier molecular flexibility index (Phi) is 4.79. The number of carbonyl (C=O) groups excluding carboxylic acids is 1. The van der Waals surface area contributed by atoms with E-state index in [1.165, 1.54) is 12.1 Å². The number of halogens is 1. The van der Waals surface area contributed by atoms with Gasteiger partial charge in [0.2, 0.25) is 0 Å². The van der Waals surface area contributed by atoms with E-state index in [9.17, 15) is 9.18 Å². The normalized spacial score (nSPS) is 17.8. The van der Waals surface area contributed by atoms with Gasteiger partial charge in [-0.3, -0.25) is 4.68 Å². The van der Waals surface area contributed by atoms with Gasteiger partial charge in [-0.25, -0.2) is 9.18 Å². The molecule has 1 fully saturated rings. The van der Waals surface area contributed by atoms with Crippen LogP contribution in [0.4, 0.5) is 9.18 Å². The Balaban J connectivity index is 1.67. The Morgan fingerprint density at radius 2 is 2.00 bits per heavy atom. The SMILES string of the molecule is CC(C)(C)OC(=O)N1CCC[C@H]1Cn1ccc(-c2ccc(F)cc2)n1. The molecule has 1 aliphatic heterocycles. The predicted octanol–water partition coefficient (Wildman–Crippen LogP) is 4.09. The summed E-state index contributed by atoms with van der Waals surface area (Å²) in [7, 11) is 0. The van der Waals surface area contributed by atoms with Crippen LogP contribution in [0, 0.1) is 5.82 Å². The molecule has 1 saturated heterocycles. The van der Waals surface area contributed by atoms with Gasteiger partial charge in [-0.05, 0) is 63.9 Å². The molecule has 0 spiro atoms. The average molecular weight is 345 g/mol. The lowest BCUT2D eigenvalue weighted by molar-refractivity contribution is 0.0212. The Morgan fingerprint density at radius 3 is 2.68 bits per heavy atom. The van der Waals surface area contributed by atoms with Crippen molar-refractivity contribution in [2.75, 3.05) is 6.54 Å². The Bertz CT molecular complexity index is 734. The minimum Gasteiger partial charge on any atom is -0.444 e. The van der Waals surface area contributed by atoms with Crippen LogP contribution < -0.4 is 0 Å². The highest BCUT2D eigenvalue weighted by atomic mass is 19.1. The van der Waals surface area contributed by atoms with Crippen molar-refractivity contribution >= 4 is 6.09 Å². The highest BCUT2D eigenvalue weighted by Crippen LogP contribution is 2.23. The second-order valence-corrected chi connectivity index (χ2v) is 7.40. The summed E-state index contributed by atoms with van der Waals surface area (Å²) in [5.41, 5.74) is 1.17. The van der Waals surface area contributed by atoms with Gasteiger partial charge in [-0.1, -0.05) is 0 Å². The van der Waals surface area contributed by atoms with E-state index in [1.54, 1.807) is 17.0 Å². The molecule has 6 heteroatoms. The second-order valence-electron chi connectivity index (χ2n) is 7.40. The molecule has 2 aromatic rings. The van der Waals surface area contributed by atoms with Crippen LogP contribution in [0.3, 0.4) is 0 Å². The minimum atomic E-state index is -0.494. The molecule has 0 N–H and O–H groups in total. The molecule has 0 saturated carbocycles. The highest BCUT2D eigenvalue weighted by Gasteiger charge is 2.32. The Hall–Kier alpha value is -2.37. The van der Waals surface area contributed by atoms with E-state index < -0.39 is 5.60 Å². The number of hydrogen-bond acceptors (Lipinski definition) is 3. The van der Waals surface area contributed by atoms with Gasteiger partial charge in [0, 0.05) is 18.3 Å². The van der Waals surface area contributed by atoms with Gasteiger partial charge < -0.3 is 9.64 Å². The number of aromatic nitrogens is 2. The van der Waals surface area contributed by atoms with Crippen molar-refractivity contribution in [2.45, 2.75) is 51.8 Å². The first kappa shape index (κ1) is 17.5. The Morgan fingerprint density at radius 1 is 1.28 bits per heavy atom. The van der Waals surface area contributed by atoms with Crippen LogP contribution in [0.1, 0.15) is 33.6 Å². The van der Waals surface area contributed by atoms with Crippen molar-refractivity contribution in [1.29, 1.82) is 0 Å². The van der Waals surface area contributed by atoms with E-state index in [4.69, 9.17) is 4.74 Å². The molecule has 25 heavy (non-hydrogen) atoms. The molecule has 1 aliphatic rings. The zero-order valence-corrected chi connectivity index (χ0v) is 14.9. The van der Waals surface area contributed by atoms with E-state index >= 15 is 0 Å². The number of hydrogen-bond donors (Lipinski definition) is 0. The molecule has 0 radical (unpaired) electrons. The maximum atomic E-state index is 13.0. The van der Waals surface area contributed by atoms with Crippen LogP contribution >= 0.6 is 0 Å². The topological polar surface area (TPSA) is 47.4 Å². The summed E-state index contributed by atoms with van der Waals surface area (Å²) in [4.78, 5) is 14.2. The van der Waals surface area contributed by atoms with Crippen LogP contribution in [0.2, 0.25) is 0 Å². The molecular weight excluding hydrogens is 321 g/mol. The largest absolute Gasteiger partial charge is 0.444 e. The average Bonchev–Trinajstić information content (AvgIpc) is 3.16. The third-order valence-electron chi connectivity index (χ3n) is 4.18. The van der Waals surface area contributed by atoms with Crippen LogP contribution in [0.15, 0.2) is 36.5 Å². The zero-order valence-electron chi connectivity index (χ0n) is 14.9. The summed E-state index contributed by atoms with van der Waals surface area (Å²) in [5.74, 6) is -0.262. The van der Waals surface area contributed by atoms with Crippen molar-refractivity contribution in [2.24, 2.45) is 0 Å². The predicted molar refractivity (Wildman–Crippen MR) is 93.6 cm³/mol. The number of likely N-dealkylation sites (tertiary alicyclic amines) is 1. The summed E-state index contributed by atoms with van der Waals surface area (Å²) in [5, 5.41) is 4.56. The summed E-state index contributed by atoms with van der Waals surface area (Å²) >= 11 is 0. The van der Waals surface area contributed by atoms with E-state index in [1.807, 2.05) is 37.7 Å². The van der Waals surface area contributed by atoms with Gasteiger partial charge in [0.25, 0.3) is 0 Å². The van der Waals surface area contributed by atoms with E-state index in [0.717, 1.165) is 24.1 Å². The molecule has 5 nitrogen and oxygen atoms in total. The molecule has 3 rings (SSSR count). The van der Waals surface area contributed by atoms with Gasteiger partial charge in [0.1, 0.15) is 11.4 Å². The minimum absolute atomic E-state index is 0.0795. The smallest absolute Gasteiger partial charge is 0.410 e. The van der Waals surface area contributed by atoms with Gasteiger partial charge in [-0.15, -0.1) is 0 Å². The van der Waals surface area contributed by atoms with Crippen molar-refractivity contribution in [3.63, 3.8) is 0 Å². The van der Waals surface area contributed by atoms with E-state index in [-0.39, 0.29) is 18.0 Å². The van der Waals surface area contributed by atoms with Crippen LogP contribution in [0.25, 0.3) is 11.3 Å². The first-order valence-corrected chi connectivity index (χ1v) is 8.61. The number of rotatable bonds is 3. The number of amides is 1. The Labute approximate surface area is 147 Å². The molecule has 0 aliphatic carbocycles. The summed E-state index contributed by atoms with van der Waals surface area (Å²) in [6.07, 6.45) is 3.53.